The molecule has 0 aliphatic carbocycles. The van der Waals surface area contributed by atoms with Crippen molar-refractivity contribution in [1.29, 1.82) is 0 Å². The van der Waals surface area contributed by atoms with Gasteiger partial charge < -0.3 is 5.11 Å². The zero-order valence-electron chi connectivity index (χ0n) is 15.4. The van der Waals surface area contributed by atoms with E-state index in [1.165, 1.54) is 34.6 Å². The Morgan fingerprint density at radius 3 is 2.27 bits per heavy atom. The minimum atomic E-state index is -0.286. The molecule has 0 bridgehead atoms. The fraction of sp³-hybridized carbons (Fsp3) is 0.318. The number of aromatic nitrogens is 1. The lowest BCUT2D eigenvalue weighted by Crippen LogP contribution is -2.00. The quantitative estimate of drug-likeness (QED) is 0.546. The maximum Gasteiger partial charge on any atom is 0.230 e. The van der Waals surface area contributed by atoms with Gasteiger partial charge in [0.05, 0.1) is 4.88 Å². The SMILES string of the molecule is CCC(c1ccc(CC(C)C)cc1)c1nc(O)c(-c2ccc(F)cc2)s1. The molecular weight excluding hydrogens is 345 g/mol. The number of benzene rings is 2. The van der Waals surface area contributed by atoms with Crippen LogP contribution in [-0.4, -0.2) is 10.1 Å². The average molecular weight is 370 g/mol. The van der Waals surface area contributed by atoms with E-state index in [9.17, 15) is 9.50 Å². The minimum Gasteiger partial charge on any atom is -0.492 e. The summed E-state index contributed by atoms with van der Waals surface area (Å²) in [6, 6.07) is 14.9. The topological polar surface area (TPSA) is 33.1 Å². The molecule has 136 valence electrons. The van der Waals surface area contributed by atoms with Crippen LogP contribution in [0.3, 0.4) is 0 Å². The summed E-state index contributed by atoms with van der Waals surface area (Å²) >= 11 is 1.48. The molecule has 0 aliphatic heterocycles. The second kappa shape index (κ2) is 8.00. The molecule has 4 heteroatoms. The van der Waals surface area contributed by atoms with Gasteiger partial charge in [0.25, 0.3) is 0 Å². The Hall–Kier alpha value is -2.20. The Kier molecular flexibility index (Phi) is 5.72. The molecule has 0 aliphatic rings. The molecule has 1 atom stereocenters. The highest BCUT2D eigenvalue weighted by atomic mass is 32.1. The van der Waals surface area contributed by atoms with Crippen molar-refractivity contribution in [2.75, 3.05) is 0 Å². The van der Waals surface area contributed by atoms with Gasteiger partial charge in [0.1, 0.15) is 10.8 Å². The molecule has 1 heterocycles. The molecule has 1 N–H and O–H groups in total. The molecule has 1 aromatic heterocycles. The summed E-state index contributed by atoms with van der Waals surface area (Å²) in [7, 11) is 0. The zero-order chi connectivity index (χ0) is 18.7. The van der Waals surface area contributed by atoms with Crippen molar-refractivity contribution in [2.24, 2.45) is 5.92 Å². The molecular formula is C22H24FNOS. The van der Waals surface area contributed by atoms with E-state index in [4.69, 9.17) is 0 Å². The highest BCUT2D eigenvalue weighted by Crippen LogP contribution is 2.40. The van der Waals surface area contributed by atoms with Gasteiger partial charge in [0, 0.05) is 5.92 Å². The molecule has 0 saturated carbocycles. The maximum absolute atomic E-state index is 13.1. The first-order chi connectivity index (χ1) is 12.5. The van der Waals surface area contributed by atoms with Crippen molar-refractivity contribution in [2.45, 2.75) is 39.5 Å². The van der Waals surface area contributed by atoms with Gasteiger partial charge in [0.2, 0.25) is 5.88 Å². The third kappa shape index (κ3) is 4.13. The Balaban J connectivity index is 1.89. The van der Waals surface area contributed by atoms with Gasteiger partial charge in [-0.25, -0.2) is 9.37 Å². The fourth-order valence-corrected chi connectivity index (χ4v) is 4.35. The van der Waals surface area contributed by atoms with E-state index >= 15 is 0 Å². The molecule has 3 aromatic rings. The van der Waals surface area contributed by atoms with Crippen LogP contribution in [0.5, 0.6) is 5.88 Å². The lowest BCUT2D eigenvalue weighted by Gasteiger charge is -2.13. The smallest absolute Gasteiger partial charge is 0.230 e. The van der Waals surface area contributed by atoms with E-state index in [1.54, 1.807) is 12.1 Å². The molecule has 2 aromatic carbocycles. The highest BCUT2D eigenvalue weighted by Gasteiger charge is 2.20. The van der Waals surface area contributed by atoms with Gasteiger partial charge in [-0.05, 0) is 47.6 Å². The molecule has 0 amide bonds. The lowest BCUT2D eigenvalue weighted by molar-refractivity contribution is 0.456. The van der Waals surface area contributed by atoms with E-state index in [2.05, 4.69) is 50.0 Å². The summed E-state index contributed by atoms with van der Waals surface area (Å²) in [5.74, 6) is 0.516. The van der Waals surface area contributed by atoms with Crippen LogP contribution in [0.15, 0.2) is 48.5 Å². The Bertz CT molecular complexity index is 853. The van der Waals surface area contributed by atoms with Crippen LogP contribution in [0.25, 0.3) is 10.4 Å². The summed E-state index contributed by atoms with van der Waals surface area (Å²) in [5, 5.41) is 11.2. The van der Waals surface area contributed by atoms with E-state index in [0.29, 0.717) is 10.8 Å². The van der Waals surface area contributed by atoms with Crippen LogP contribution >= 0.6 is 11.3 Å². The first-order valence-electron chi connectivity index (χ1n) is 9.02. The number of rotatable bonds is 6. The second-order valence-corrected chi connectivity index (χ2v) is 8.04. The van der Waals surface area contributed by atoms with Crippen molar-refractivity contribution >= 4 is 11.3 Å². The van der Waals surface area contributed by atoms with Crippen molar-refractivity contribution in [3.05, 3.63) is 70.5 Å². The van der Waals surface area contributed by atoms with Crippen LogP contribution in [-0.2, 0) is 6.42 Å². The molecule has 1 unspecified atom stereocenters. The van der Waals surface area contributed by atoms with Crippen molar-refractivity contribution in [3.63, 3.8) is 0 Å². The Morgan fingerprint density at radius 2 is 1.69 bits per heavy atom. The number of aromatic hydroxyl groups is 1. The maximum atomic E-state index is 13.1. The lowest BCUT2D eigenvalue weighted by atomic mass is 9.94. The number of hydrogen-bond acceptors (Lipinski definition) is 3. The summed E-state index contributed by atoms with van der Waals surface area (Å²) in [4.78, 5) is 5.10. The predicted molar refractivity (Wildman–Crippen MR) is 106 cm³/mol. The Morgan fingerprint density at radius 1 is 1.04 bits per heavy atom. The molecule has 0 radical (unpaired) electrons. The zero-order valence-corrected chi connectivity index (χ0v) is 16.2. The highest BCUT2D eigenvalue weighted by molar-refractivity contribution is 7.15. The van der Waals surface area contributed by atoms with Crippen LogP contribution < -0.4 is 0 Å². The van der Waals surface area contributed by atoms with Crippen LogP contribution in [0.2, 0.25) is 0 Å². The molecule has 3 rings (SSSR count). The monoisotopic (exact) mass is 369 g/mol. The fourth-order valence-electron chi connectivity index (χ4n) is 3.18. The van der Waals surface area contributed by atoms with E-state index in [-0.39, 0.29) is 17.6 Å². The van der Waals surface area contributed by atoms with Crippen molar-refractivity contribution in [3.8, 4) is 16.3 Å². The standard InChI is InChI=1S/C22H24FNOS/c1-4-19(16-7-5-15(6-8-16)13-14(2)3)22-24-21(25)20(26-22)17-9-11-18(23)12-10-17/h5-12,14,19,25H,4,13H2,1-3H3. The third-order valence-electron chi connectivity index (χ3n) is 4.46. The van der Waals surface area contributed by atoms with Crippen molar-refractivity contribution < 1.29 is 9.50 Å². The minimum absolute atomic E-state index is 0.0199. The van der Waals surface area contributed by atoms with Gasteiger partial charge in [-0.1, -0.05) is 57.2 Å². The average Bonchev–Trinajstić information content (AvgIpc) is 2.99. The van der Waals surface area contributed by atoms with E-state index in [1.807, 2.05) is 0 Å². The van der Waals surface area contributed by atoms with Crippen LogP contribution in [0.4, 0.5) is 4.39 Å². The van der Waals surface area contributed by atoms with E-state index in [0.717, 1.165) is 23.4 Å². The largest absolute Gasteiger partial charge is 0.492 e. The van der Waals surface area contributed by atoms with Gasteiger partial charge in [0.15, 0.2) is 0 Å². The summed E-state index contributed by atoms with van der Waals surface area (Å²) in [6.07, 6.45) is 1.98. The first-order valence-corrected chi connectivity index (χ1v) is 9.84. The number of thiazole rings is 1. The molecule has 2 nitrogen and oxygen atoms in total. The van der Waals surface area contributed by atoms with Gasteiger partial charge in [-0.15, -0.1) is 11.3 Å². The normalized spacial score (nSPS) is 12.5. The van der Waals surface area contributed by atoms with Crippen LogP contribution in [0, 0.1) is 11.7 Å². The first kappa shape index (κ1) is 18.6. The molecule has 26 heavy (non-hydrogen) atoms. The molecule has 0 spiro atoms. The van der Waals surface area contributed by atoms with Gasteiger partial charge in [-0.2, -0.15) is 0 Å². The number of hydrogen-bond donors (Lipinski definition) is 1. The number of nitrogens with zero attached hydrogens (tertiary/aromatic N) is 1. The summed E-state index contributed by atoms with van der Waals surface area (Å²) in [6.45, 7) is 6.57. The van der Waals surface area contributed by atoms with Gasteiger partial charge >= 0.3 is 0 Å². The van der Waals surface area contributed by atoms with Gasteiger partial charge in [-0.3, -0.25) is 0 Å². The van der Waals surface area contributed by atoms with Crippen molar-refractivity contribution in [1.82, 2.24) is 4.98 Å². The van der Waals surface area contributed by atoms with E-state index < -0.39 is 0 Å². The predicted octanol–water partition coefficient (Wildman–Crippen LogP) is 6.40. The number of halogens is 1. The Labute approximate surface area is 158 Å². The van der Waals surface area contributed by atoms with Crippen LogP contribution in [0.1, 0.15) is 49.2 Å². The summed E-state index contributed by atoms with van der Waals surface area (Å²) < 4.78 is 13.1. The molecule has 0 fully saturated rings. The second-order valence-electron chi connectivity index (χ2n) is 7.01. The summed E-state index contributed by atoms with van der Waals surface area (Å²) in [5.41, 5.74) is 3.33. The molecule has 0 saturated heterocycles. The third-order valence-corrected chi connectivity index (χ3v) is 5.67.